The van der Waals surface area contributed by atoms with Gasteiger partial charge in [0.1, 0.15) is 0 Å². The van der Waals surface area contributed by atoms with Gasteiger partial charge in [-0.15, -0.1) is 0 Å². The topological polar surface area (TPSA) is 150 Å². The molecule has 0 fully saturated rings. The molecule has 15 heteroatoms. The van der Waals surface area contributed by atoms with Crippen LogP contribution in [0.4, 0.5) is 15.3 Å². The average Bonchev–Trinajstić information content (AvgIpc) is 3.40. The van der Waals surface area contributed by atoms with Crippen molar-refractivity contribution >= 4 is 87.2 Å². The summed E-state index contributed by atoms with van der Waals surface area (Å²) in [6, 6.07) is 21.3. The number of esters is 1. The summed E-state index contributed by atoms with van der Waals surface area (Å²) in [6.45, 7) is 0.864. The molecule has 2 aliphatic heterocycles. The Kier molecular flexibility index (Phi) is 12.2. The molecule has 1 spiro atoms. The Morgan fingerprint density at radius 3 is 2.27 bits per heavy atom. The van der Waals surface area contributed by atoms with E-state index in [0.717, 1.165) is 26.7 Å². The van der Waals surface area contributed by atoms with Crippen LogP contribution >= 0.6 is 0 Å². The summed E-state index contributed by atoms with van der Waals surface area (Å²) in [6.07, 6.45) is -1.45. The van der Waals surface area contributed by atoms with Gasteiger partial charge in [0.05, 0.1) is 0 Å². The predicted octanol–water partition coefficient (Wildman–Crippen LogP) is 4.78. The molecule has 0 saturated heterocycles. The first-order chi connectivity index (χ1) is 24.0. The van der Waals surface area contributed by atoms with Crippen molar-refractivity contribution in [2.24, 2.45) is 0 Å². The van der Waals surface area contributed by atoms with Gasteiger partial charge in [-0.25, -0.2) is 4.79 Å². The predicted molar refractivity (Wildman–Crippen MR) is 186 cm³/mol. The van der Waals surface area contributed by atoms with E-state index in [1.54, 1.807) is 36.4 Å². The Bertz CT molecular complexity index is 1860. The van der Waals surface area contributed by atoms with Gasteiger partial charge < -0.3 is 0 Å². The van der Waals surface area contributed by atoms with Gasteiger partial charge in [-0.2, -0.15) is 0 Å². The quantitative estimate of drug-likeness (QED) is 0.0531. The zero-order valence-corrected chi connectivity index (χ0v) is 32.7. The van der Waals surface area contributed by atoms with Gasteiger partial charge in [0.25, 0.3) is 0 Å². The standard InChI is InChI=1S/C34H31NO10Se4/c36-12-16-46-48-18-14-41-32(39)35-27-7-3-4-21-8-10-26-30(29(21)27)44-28-20-22(43-33(40)42-15-19-49-47-17-13-37)9-11-25(28)34(26)24-6-2-1-5-23(24)31(38)45-34/h1-11,20,36-37H,12-19H2,(H,35,39). The number of ether oxygens (including phenoxy) is 5. The Balaban J connectivity index is 1.33. The van der Waals surface area contributed by atoms with Gasteiger partial charge in [-0.3, -0.25) is 0 Å². The number of benzene rings is 4. The van der Waals surface area contributed by atoms with Crippen LogP contribution in [0.1, 0.15) is 27.0 Å². The zero-order valence-electron chi connectivity index (χ0n) is 25.9. The second-order valence-electron chi connectivity index (χ2n) is 10.4. The van der Waals surface area contributed by atoms with E-state index in [9.17, 15) is 14.4 Å². The van der Waals surface area contributed by atoms with Crippen LogP contribution < -0.4 is 14.8 Å². The molecule has 1 atom stereocenters. The van der Waals surface area contributed by atoms with Gasteiger partial charge in [-0.1, -0.05) is 12.1 Å². The van der Waals surface area contributed by atoms with Gasteiger partial charge in [0.15, 0.2) is 0 Å². The molecule has 0 bridgehead atoms. The van der Waals surface area contributed by atoms with Gasteiger partial charge >= 0.3 is 283 Å². The fourth-order valence-electron chi connectivity index (χ4n) is 5.56. The van der Waals surface area contributed by atoms with E-state index in [1.807, 2.05) is 36.4 Å². The number of hydrogen-bond acceptors (Lipinski definition) is 10. The minimum absolute atomic E-state index is 0.177. The van der Waals surface area contributed by atoms with Crippen molar-refractivity contribution in [2.75, 3.05) is 31.7 Å². The van der Waals surface area contributed by atoms with Crippen LogP contribution in [0.5, 0.6) is 17.2 Å². The van der Waals surface area contributed by atoms with Crippen LogP contribution in [0.2, 0.25) is 21.3 Å². The number of nitrogens with one attached hydrogen (secondary N) is 1. The maximum atomic E-state index is 13.4. The molecule has 3 N–H and O–H groups in total. The minimum atomic E-state index is -1.38. The molecule has 6 rings (SSSR count). The van der Waals surface area contributed by atoms with Crippen molar-refractivity contribution in [3.8, 4) is 17.2 Å². The zero-order chi connectivity index (χ0) is 34.2. The number of anilines is 1. The number of amides is 1. The maximum absolute atomic E-state index is 13.4. The summed E-state index contributed by atoms with van der Waals surface area (Å²) >= 11 is 1.39. The van der Waals surface area contributed by atoms with Crippen LogP contribution in [-0.2, 0) is 19.8 Å². The van der Waals surface area contributed by atoms with Crippen molar-refractivity contribution in [2.45, 2.75) is 26.9 Å². The number of fused-ring (bicyclic) bond motifs is 8. The van der Waals surface area contributed by atoms with Crippen LogP contribution in [-0.4, -0.2) is 107 Å². The fourth-order valence-corrected chi connectivity index (χ4v) is 15.7. The van der Waals surface area contributed by atoms with E-state index in [-0.39, 0.29) is 32.2 Å². The summed E-state index contributed by atoms with van der Waals surface area (Å²) in [5.41, 5.74) is 1.24. The molecule has 11 nitrogen and oxygen atoms in total. The molecular weight excluding hydrogens is 898 g/mol. The Morgan fingerprint density at radius 2 is 1.49 bits per heavy atom. The number of hydrogen-bond donors (Lipinski definition) is 3. The summed E-state index contributed by atoms with van der Waals surface area (Å²) in [5.74, 6) is 0.359. The summed E-state index contributed by atoms with van der Waals surface area (Å²) in [5, 5.41) is 25.3. The molecule has 0 saturated carbocycles. The van der Waals surface area contributed by atoms with Crippen molar-refractivity contribution in [3.05, 3.63) is 95.1 Å². The second-order valence-corrected chi connectivity index (χ2v) is 26.1. The van der Waals surface area contributed by atoms with E-state index in [0.29, 0.717) is 97.4 Å². The Hall–Kier alpha value is -3.05. The summed E-state index contributed by atoms with van der Waals surface area (Å²) in [7, 11) is 0. The molecule has 256 valence electrons. The summed E-state index contributed by atoms with van der Waals surface area (Å²) in [4.78, 5) is 38.8. The number of carbonyl (C=O) groups excluding carboxylic acids is 3. The molecule has 0 aromatic heterocycles. The Labute approximate surface area is 304 Å². The van der Waals surface area contributed by atoms with E-state index in [1.165, 1.54) is 0 Å². The number of carbonyl (C=O) groups is 3. The van der Waals surface area contributed by atoms with E-state index >= 15 is 0 Å². The van der Waals surface area contributed by atoms with Crippen molar-refractivity contribution in [1.29, 1.82) is 0 Å². The van der Waals surface area contributed by atoms with Crippen molar-refractivity contribution in [3.63, 3.8) is 0 Å². The van der Waals surface area contributed by atoms with Crippen molar-refractivity contribution < 1.29 is 48.3 Å². The monoisotopic (exact) mass is 933 g/mol. The molecule has 4 aromatic rings. The number of aliphatic hydroxyl groups excluding tert-OH is 2. The van der Waals surface area contributed by atoms with E-state index in [4.69, 9.17) is 33.9 Å². The normalized spacial score (nSPS) is 15.5. The molecule has 2 aliphatic rings. The molecule has 0 radical (unpaired) electrons. The molecule has 1 amide bonds. The van der Waals surface area contributed by atoms with Crippen LogP contribution in [0.25, 0.3) is 10.8 Å². The third kappa shape index (κ3) is 7.82. The molecule has 2 heterocycles. The summed E-state index contributed by atoms with van der Waals surface area (Å²) < 4.78 is 29.2. The average molecular weight is 929 g/mol. The SMILES string of the molecule is O=C(Nc1cccc2ccc3c(c12)Oc1cc(OC(=O)OCC[Se][Se]CCO)ccc1C31OC(=O)c2ccccc21)OCC[Se][Se]CCO. The molecule has 49 heavy (non-hydrogen) atoms. The van der Waals surface area contributed by atoms with Crippen LogP contribution in [0, 0.1) is 0 Å². The molecule has 4 aromatic carbocycles. The van der Waals surface area contributed by atoms with Gasteiger partial charge in [0, 0.05) is 0 Å². The van der Waals surface area contributed by atoms with Gasteiger partial charge in [0.2, 0.25) is 0 Å². The number of aliphatic hydroxyl groups is 2. The van der Waals surface area contributed by atoms with Gasteiger partial charge in [-0.05, 0) is 6.07 Å². The second kappa shape index (κ2) is 16.8. The number of rotatable bonds is 14. The van der Waals surface area contributed by atoms with E-state index < -0.39 is 23.8 Å². The van der Waals surface area contributed by atoms with Crippen LogP contribution in [0.15, 0.2) is 72.8 Å². The fraction of sp³-hybridized carbons (Fsp3) is 0.265. The molecular formula is C34H31NO10Se4. The third-order valence-electron chi connectivity index (χ3n) is 7.43. The Morgan fingerprint density at radius 1 is 0.776 bits per heavy atom. The van der Waals surface area contributed by atoms with Crippen LogP contribution in [0.3, 0.4) is 0 Å². The first kappa shape index (κ1) is 35.8. The molecule has 0 aliphatic carbocycles. The third-order valence-corrected chi connectivity index (χ3v) is 21.9. The molecule has 1 unspecified atom stereocenters. The first-order valence-corrected chi connectivity index (χ1v) is 28.7. The van der Waals surface area contributed by atoms with Crippen molar-refractivity contribution in [1.82, 2.24) is 0 Å². The first-order valence-electron chi connectivity index (χ1n) is 15.2. The van der Waals surface area contributed by atoms with E-state index in [2.05, 4.69) is 5.32 Å².